The van der Waals surface area contributed by atoms with Crippen LogP contribution in [0.3, 0.4) is 0 Å². The van der Waals surface area contributed by atoms with Crippen LogP contribution < -0.4 is 4.67 Å². The summed E-state index contributed by atoms with van der Waals surface area (Å²) in [5.41, 5.74) is -0.142. The van der Waals surface area contributed by atoms with Gasteiger partial charge in [0.1, 0.15) is 4.67 Å². The lowest BCUT2D eigenvalue weighted by atomic mass is 9.44. The van der Waals surface area contributed by atoms with Gasteiger partial charge in [-0.05, 0) is 95.5 Å². The highest BCUT2D eigenvalue weighted by Crippen LogP contribution is 2.65. The Morgan fingerprint density at radius 1 is 1.21 bits per heavy atom. The van der Waals surface area contributed by atoms with Crippen LogP contribution in [0.2, 0.25) is 0 Å². The summed E-state index contributed by atoms with van der Waals surface area (Å²) in [7, 11) is 0. The zero-order valence-corrected chi connectivity index (χ0v) is 19.0. The molecule has 0 spiro atoms. The number of nitrogens with zero attached hydrogens (tertiary/aromatic N) is 2. The Hall–Kier alpha value is -1.43. The van der Waals surface area contributed by atoms with E-state index in [0.29, 0.717) is 18.3 Å². The van der Waals surface area contributed by atoms with Crippen molar-refractivity contribution >= 4 is 23.4 Å². The molecule has 29 heavy (non-hydrogen) atoms. The molecule has 1 N–H and O–H groups in total. The van der Waals surface area contributed by atoms with Crippen LogP contribution >= 0.6 is 11.5 Å². The number of carboxylic acids is 1. The summed E-state index contributed by atoms with van der Waals surface area (Å²) in [5.74, 6) is -0.0187. The molecule has 6 heteroatoms. The number of carbonyl (C=O) groups excluding carboxylic acids is 1. The Kier molecular flexibility index (Phi) is 5.08. The van der Waals surface area contributed by atoms with E-state index >= 15 is 0 Å². The summed E-state index contributed by atoms with van der Waals surface area (Å²) >= 11 is 1.57. The minimum atomic E-state index is -0.700. The van der Waals surface area contributed by atoms with Crippen molar-refractivity contribution in [1.82, 2.24) is 3.96 Å². The van der Waals surface area contributed by atoms with Gasteiger partial charge in [-0.3, -0.25) is 13.5 Å². The van der Waals surface area contributed by atoms with Gasteiger partial charge in [0.05, 0.1) is 10.8 Å². The monoisotopic (exact) mass is 418 g/mol. The lowest BCUT2D eigenvalue weighted by Crippen LogP contribution is -2.57. The minimum Gasteiger partial charge on any atom is -0.481 e. The topological polar surface area (TPSA) is 71.7 Å². The Balaban J connectivity index is 1.71. The molecule has 2 unspecified atom stereocenters. The predicted molar refractivity (Wildman–Crippen MR) is 114 cm³/mol. The van der Waals surface area contributed by atoms with E-state index in [9.17, 15) is 14.7 Å². The summed E-state index contributed by atoms with van der Waals surface area (Å²) in [5, 5.41) is 9.96. The summed E-state index contributed by atoms with van der Waals surface area (Å²) in [4.78, 5) is 30.4. The predicted octanol–water partition coefficient (Wildman–Crippen LogP) is 4.75. The Morgan fingerprint density at radius 2 is 1.83 bits per heavy atom. The lowest BCUT2D eigenvalue weighted by Gasteiger charge is -2.59. The van der Waals surface area contributed by atoms with Crippen LogP contribution in [0.5, 0.6) is 0 Å². The molecule has 160 valence electrons. The molecule has 5 rings (SSSR count). The largest absolute Gasteiger partial charge is 0.481 e. The highest BCUT2D eigenvalue weighted by atomic mass is 32.1. The van der Waals surface area contributed by atoms with E-state index in [0.717, 1.165) is 61.6 Å². The molecule has 0 radical (unpaired) electrons. The van der Waals surface area contributed by atoms with Crippen molar-refractivity contribution in [3.05, 3.63) is 16.4 Å². The molecule has 1 aromatic heterocycles. The average molecular weight is 419 g/mol. The zero-order chi connectivity index (χ0) is 21.0. The van der Waals surface area contributed by atoms with Crippen LogP contribution in [0.15, 0.2) is 11.2 Å². The van der Waals surface area contributed by atoms with E-state index < -0.39 is 16.8 Å². The summed E-state index contributed by atoms with van der Waals surface area (Å²) in [6.45, 7) is 8.66. The van der Waals surface area contributed by atoms with Gasteiger partial charge < -0.3 is 5.11 Å². The van der Waals surface area contributed by atoms with E-state index in [1.54, 1.807) is 11.5 Å². The third-order valence-electron chi connectivity index (χ3n) is 7.36. The van der Waals surface area contributed by atoms with Gasteiger partial charge in [-0.25, -0.2) is 4.99 Å². The Bertz CT molecular complexity index is 875. The van der Waals surface area contributed by atoms with Crippen LogP contribution in [0.1, 0.15) is 84.6 Å². The van der Waals surface area contributed by atoms with E-state index in [1.807, 2.05) is 0 Å². The molecule has 2 atom stereocenters. The second-order valence-electron chi connectivity index (χ2n) is 10.9. The molecule has 0 saturated heterocycles. The number of rotatable bonds is 5. The molecule has 0 aromatic carbocycles. The third kappa shape index (κ3) is 3.62. The molecule has 1 aromatic rings. The first-order valence-corrected chi connectivity index (χ1v) is 11.9. The molecule has 0 aliphatic heterocycles. The molecule has 1 amide bonds. The summed E-state index contributed by atoms with van der Waals surface area (Å²) < 4.78 is 3.03. The van der Waals surface area contributed by atoms with Crippen molar-refractivity contribution in [3.8, 4) is 0 Å². The number of amides is 1. The average Bonchev–Trinajstić information content (AvgIpc) is 3.02. The van der Waals surface area contributed by atoms with E-state index in [4.69, 9.17) is 4.99 Å². The zero-order valence-electron chi connectivity index (χ0n) is 18.2. The van der Waals surface area contributed by atoms with Crippen LogP contribution in [0, 0.1) is 22.7 Å². The summed E-state index contributed by atoms with van der Waals surface area (Å²) in [6, 6.07) is 0. The third-order valence-corrected chi connectivity index (χ3v) is 8.74. The molecule has 4 saturated carbocycles. The molecular formula is C23H34N2O3S. The minimum absolute atomic E-state index is 0.0451. The maximum atomic E-state index is 13.6. The fourth-order valence-corrected chi connectivity index (χ4v) is 7.35. The smallest absolute Gasteiger partial charge is 0.309 e. The molecule has 4 bridgehead atoms. The molecule has 4 aliphatic rings. The van der Waals surface area contributed by atoms with Gasteiger partial charge in [0.25, 0.3) is 5.91 Å². The van der Waals surface area contributed by atoms with Crippen LogP contribution in [-0.4, -0.2) is 20.9 Å². The number of aliphatic carboxylic acids is 1. The van der Waals surface area contributed by atoms with Crippen LogP contribution in [0.4, 0.5) is 0 Å². The van der Waals surface area contributed by atoms with Gasteiger partial charge >= 0.3 is 5.97 Å². The number of aryl methyl sites for hydroxylation is 1. The normalized spacial score (nSPS) is 34.0. The lowest BCUT2D eigenvalue weighted by molar-refractivity contribution is -0.177. The van der Waals surface area contributed by atoms with Gasteiger partial charge in [0.2, 0.25) is 0 Å². The highest BCUT2D eigenvalue weighted by molar-refractivity contribution is 7.04. The number of unbranched alkanes of at least 4 members (excludes halogenated alkanes) is 1. The maximum absolute atomic E-state index is 13.6. The van der Waals surface area contributed by atoms with Gasteiger partial charge in [0.15, 0.2) is 0 Å². The van der Waals surface area contributed by atoms with Crippen molar-refractivity contribution in [2.24, 2.45) is 27.7 Å². The van der Waals surface area contributed by atoms with Gasteiger partial charge in [-0.1, -0.05) is 13.3 Å². The maximum Gasteiger partial charge on any atom is 0.309 e. The quantitative estimate of drug-likeness (QED) is 0.750. The number of hydrogen-bond acceptors (Lipinski definition) is 3. The second-order valence-corrected chi connectivity index (χ2v) is 11.9. The number of carbonyl (C=O) groups is 2. The van der Waals surface area contributed by atoms with Crippen molar-refractivity contribution < 1.29 is 14.7 Å². The molecule has 5 nitrogen and oxygen atoms in total. The standard InChI is InChI=1S/C23H34N2O3S/c1-5-6-7-17-13-25(21(2,3)4)29-18(17)24-19(26)22-9-15-8-16(10-22)12-23(11-15,14-22)20(27)28/h13,15-16H,5-12,14H2,1-4H3,(H,27,28)/b24-18-. The molecule has 1 heterocycles. The first kappa shape index (κ1) is 20.8. The molecular weight excluding hydrogens is 384 g/mol. The van der Waals surface area contributed by atoms with Crippen LogP contribution in [-0.2, 0) is 21.5 Å². The number of carboxylic acid groups (broad SMARTS) is 1. The fourth-order valence-electron chi connectivity index (χ4n) is 6.31. The van der Waals surface area contributed by atoms with Gasteiger partial charge in [0, 0.05) is 17.3 Å². The molecule has 4 fully saturated rings. The van der Waals surface area contributed by atoms with E-state index in [1.165, 1.54) is 0 Å². The Morgan fingerprint density at radius 3 is 2.38 bits per heavy atom. The first-order chi connectivity index (χ1) is 13.6. The van der Waals surface area contributed by atoms with Crippen LogP contribution in [0.25, 0.3) is 0 Å². The van der Waals surface area contributed by atoms with Crippen molar-refractivity contribution in [3.63, 3.8) is 0 Å². The summed E-state index contributed by atoms with van der Waals surface area (Å²) in [6.07, 6.45) is 10.0. The van der Waals surface area contributed by atoms with Gasteiger partial charge in [-0.2, -0.15) is 0 Å². The first-order valence-electron chi connectivity index (χ1n) is 11.1. The number of hydrogen-bond donors (Lipinski definition) is 1. The Labute approximate surface area is 177 Å². The van der Waals surface area contributed by atoms with Gasteiger partial charge in [-0.15, -0.1) is 0 Å². The van der Waals surface area contributed by atoms with Crippen molar-refractivity contribution in [2.45, 2.75) is 91.0 Å². The van der Waals surface area contributed by atoms with Crippen molar-refractivity contribution in [2.75, 3.05) is 0 Å². The SMILES string of the molecule is CCCCc1cn(C(C)(C)C)s/c1=N\C(=O)C12CC3CC(CC(C(=O)O)(C3)C1)C2. The fraction of sp³-hybridized carbons (Fsp3) is 0.783. The van der Waals surface area contributed by atoms with E-state index in [-0.39, 0.29) is 11.4 Å². The van der Waals surface area contributed by atoms with Crippen molar-refractivity contribution in [1.29, 1.82) is 0 Å². The van der Waals surface area contributed by atoms with E-state index in [2.05, 4.69) is 37.8 Å². The molecule has 4 aliphatic carbocycles. The second kappa shape index (κ2) is 7.07. The number of aromatic nitrogens is 1. The highest BCUT2D eigenvalue weighted by Gasteiger charge is 2.63.